The minimum atomic E-state index is -1.09. The molecule has 3 N–H and O–H groups in total. The molecule has 2 amide bonds. The van der Waals surface area contributed by atoms with Gasteiger partial charge in [-0.1, -0.05) is 0 Å². The first-order chi connectivity index (χ1) is 15.3. The second kappa shape index (κ2) is 8.79. The number of hydrogen-bond donors (Lipinski definition) is 3. The van der Waals surface area contributed by atoms with Gasteiger partial charge in [0, 0.05) is 24.0 Å². The van der Waals surface area contributed by atoms with Crippen LogP contribution in [0.5, 0.6) is 0 Å². The van der Waals surface area contributed by atoms with E-state index in [9.17, 15) is 28.3 Å². The Morgan fingerprint density at radius 2 is 1.94 bits per heavy atom. The second-order valence-corrected chi connectivity index (χ2v) is 8.00. The first kappa shape index (κ1) is 22.1. The van der Waals surface area contributed by atoms with E-state index in [1.165, 1.54) is 6.07 Å². The number of benzene rings is 1. The standard InChI is InChI=1S/C22H23F2N3O5/c1-11-18(21(30)25-12-5-6-13(23)14(24)8-12)16-4-2-3-7-27(16)19(11)20(29)22(31)26-15-9-32-10-17(15)28/h5-6,8,15,17,28H,2-4,7,9-10H2,1H3,(H,25,30)(H,26,31)/t15-,17-/m0/s1. The van der Waals surface area contributed by atoms with E-state index in [2.05, 4.69) is 10.6 Å². The number of aliphatic hydroxyl groups excluding tert-OH is 1. The van der Waals surface area contributed by atoms with Gasteiger partial charge in [-0.25, -0.2) is 8.78 Å². The number of carbonyl (C=O) groups excluding carboxylic acids is 3. The summed E-state index contributed by atoms with van der Waals surface area (Å²) in [4.78, 5) is 38.7. The van der Waals surface area contributed by atoms with Crippen molar-refractivity contribution in [1.82, 2.24) is 9.88 Å². The minimum Gasteiger partial charge on any atom is -0.388 e. The molecule has 32 heavy (non-hydrogen) atoms. The summed E-state index contributed by atoms with van der Waals surface area (Å²) < 4.78 is 33.5. The summed E-state index contributed by atoms with van der Waals surface area (Å²) in [6, 6.07) is 2.34. The summed E-state index contributed by atoms with van der Waals surface area (Å²) in [6.45, 7) is 2.23. The molecule has 2 aliphatic rings. The quantitative estimate of drug-likeness (QED) is 0.478. The number of anilines is 1. The lowest BCUT2D eigenvalue weighted by Gasteiger charge is -2.19. The number of carbonyl (C=O) groups is 3. The zero-order valence-electron chi connectivity index (χ0n) is 17.4. The zero-order chi connectivity index (χ0) is 23.0. The molecule has 0 radical (unpaired) electrons. The molecule has 0 unspecified atom stereocenters. The van der Waals surface area contributed by atoms with Gasteiger partial charge in [0.1, 0.15) is 0 Å². The molecule has 3 heterocycles. The lowest BCUT2D eigenvalue weighted by Crippen LogP contribution is -2.45. The van der Waals surface area contributed by atoms with Crippen LogP contribution in [0.1, 0.15) is 44.9 Å². The molecule has 2 aromatic rings. The maximum Gasteiger partial charge on any atom is 0.294 e. The molecule has 10 heteroatoms. The highest BCUT2D eigenvalue weighted by Gasteiger charge is 2.35. The van der Waals surface area contributed by atoms with E-state index in [4.69, 9.17) is 4.74 Å². The van der Waals surface area contributed by atoms with Gasteiger partial charge in [-0.3, -0.25) is 14.4 Å². The van der Waals surface area contributed by atoms with Crippen LogP contribution in [-0.2, 0) is 22.5 Å². The van der Waals surface area contributed by atoms with Crippen LogP contribution >= 0.6 is 0 Å². The second-order valence-electron chi connectivity index (χ2n) is 8.00. The zero-order valence-corrected chi connectivity index (χ0v) is 17.4. The maximum atomic E-state index is 13.5. The van der Waals surface area contributed by atoms with Gasteiger partial charge in [-0.15, -0.1) is 0 Å². The van der Waals surface area contributed by atoms with E-state index >= 15 is 0 Å². The lowest BCUT2D eigenvalue weighted by atomic mass is 10.0. The van der Waals surface area contributed by atoms with Gasteiger partial charge in [0.2, 0.25) is 0 Å². The maximum absolute atomic E-state index is 13.5. The average Bonchev–Trinajstić information content (AvgIpc) is 3.29. The van der Waals surface area contributed by atoms with Gasteiger partial charge >= 0.3 is 0 Å². The number of rotatable bonds is 5. The molecule has 4 rings (SSSR count). The molecule has 1 fully saturated rings. The van der Waals surface area contributed by atoms with Crippen LogP contribution in [0.15, 0.2) is 18.2 Å². The summed E-state index contributed by atoms with van der Waals surface area (Å²) in [5.74, 6) is -4.39. The number of fused-ring (bicyclic) bond motifs is 1. The number of ether oxygens (including phenoxy) is 1. The summed E-state index contributed by atoms with van der Waals surface area (Å²) in [6.07, 6.45) is 1.22. The first-order valence-corrected chi connectivity index (χ1v) is 10.4. The van der Waals surface area contributed by atoms with Crippen LogP contribution in [0.25, 0.3) is 0 Å². The Kier molecular flexibility index (Phi) is 6.07. The van der Waals surface area contributed by atoms with Crippen LogP contribution in [0.4, 0.5) is 14.5 Å². The number of aliphatic hydroxyl groups is 1. The number of ketones is 1. The van der Waals surface area contributed by atoms with Crippen LogP contribution in [0.3, 0.4) is 0 Å². The number of hydrogen-bond acceptors (Lipinski definition) is 5. The van der Waals surface area contributed by atoms with E-state index < -0.39 is 41.4 Å². The summed E-state index contributed by atoms with van der Waals surface area (Å²) >= 11 is 0. The molecular weight excluding hydrogens is 424 g/mol. The van der Waals surface area contributed by atoms with Crippen LogP contribution in [0.2, 0.25) is 0 Å². The third-order valence-corrected chi connectivity index (χ3v) is 5.85. The monoisotopic (exact) mass is 447 g/mol. The van der Waals surface area contributed by atoms with Crippen molar-refractivity contribution in [3.05, 3.63) is 52.3 Å². The molecule has 0 bridgehead atoms. The van der Waals surface area contributed by atoms with Crippen molar-refractivity contribution < 1.29 is 33.0 Å². The number of Topliss-reactive ketones (excluding diaryl/α,β-unsaturated/α-hetero) is 1. The van der Waals surface area contributed by atoms with Crippen LogP contribution in [0, 0.1) is 18.6 Å². The highest BCUT2D eigenvalue weighted by atomic mass is 19.2. The molecule has 2 aliphatic heterocycles. The Morgan fingerprint density at radius 3 is 2.62 bits per heavy atom. The Hall–Kier alpha value is -3.11. The Labute approximate surface area is 182 Å². The molecule has 1 aromatic carbocycles. The van der Waals surface area contributed by atoms with E-state index in [-0.39, 0.29) is 30.2 Å². The number of aromatic nitrogens is 1. The predicted molar refractivity (Wildman–Crippen MR) is 110 cm³/mol. The fourth-order valence-corrected chi connectivity index (χ4v) is 4.26. The van der Waals surface area contributed by atoms with E-state index in [1.54, 1.807) is 11.5 Å². The number of nitrogens with zero attached hydrogens (tertiary/aromatic N) is 1. The van der Waals surface area contributed by atoms with Crippen molar-refractivity contribution in [2.75, 3.05) is 18.5 Å². The van der Waals surface area contributed by atoms with E-state index in [0.717, 1.165) is 25.0 Å². The predicted octanol–water partition coefficient (Wildman–Crippen LogP) is 1.72. The third kappa shape index (κ3) is 4.03. The van der Waals surface area contributed by atoms with Crippen molar-refractivity contribution in [3.63, 3.8) is 0 Å². The van der Waals surface area contributed by atoms with Crippen molar-refractivity contribution >= 4 is 23.3 Å². The summed E-state index contributed by atoms with van der Waals surface area (Å²) in [7, 11) is 0. The van der Waals surface area contributed by atoms with Crippen molar-refractivity contribution in [2.45, 2.75) is 44.9 Å². The molecule has 2 atom stereocenters. The summed E-state index contributed by atoms with van der Waals surface area (Å²) in [5.41, 5.74) is 1.39. The summed E-state index contributed by atoms with van der Waals surface area (Å²) in [5, 5.41) is 14.9. The highest BCUT2D eigenvalue weighted by Crippen LogP contribution is 2.29. The number of halogens is 2. The lowest BCUT2D eigenvalue weighted by molar-refractivity contribution is -0.118. The van der Waals surface area contributed by atoms with E-state index in [0.29, 0.717) is 24.2 Å². The Morgan fingerprint density at radius 1 is 1.16 bits per heavy atom. The van der Waals surface area contributed by atoms with Gasteiger partial charge in [-0.05, 0) is 43.9 Å². The Bertz CT molecular complexity index is 1100. The first-order valence-electron chi connectivity index (χ1n) is 10.4. The molecule has 0 saturated carbocycles. The third-order valence-electron chi connectivity index (χ3n) is 5.85. The van der Waals surface area contributed by atoms with Crippen molar-refractivity contribution in [3.8, 4) is 0 Å². The van der Waals surface area contributed by atoms with Gasteiger partial charge < -0.3 is 25.0 Å². The van der Waals surface area contributed by atoms with Crippen molar-refractivity contribution in [1.29, 1.82) is 0 Å². The van der Waals surface area contributed by atoms with Gasteiger partial charge in [0.15, 0.2) is 11.6 Å². The molecule has 1 aromatic heterocycles. The molecule has 170 valence electrons. The van der Waals surface area contributed by atoms with Gasteiger partial charge in [-0.2, -0.15) is 0 Å². The molecular formula is C22H23F2N3O5. The number of nitrogens with one attached hydrogen (secondary N) is 2. The average molecular weight is 447 g/mol. The highest BCUT2D eigenvalue weighted by molar-refractivity contribution is 6.43. The van der Waals surface area contributed by atoms with Gasteiger partial charge in [0.25, 0.3) is 17.6 Å². The SMILES string of the molecule is Cc1c(C(=O)Nc2ccc(F)c(F)c2)c2n(c1C(=O)C(=O)N[C@H]1COC[C@@H]1O)CCCC2. The topological polar surface area (TPSA) is 110 Å². The van der Waals surface area contributed by atoms with Crippen LogP contribution in [-0.4, -0.2) is 52.6 Å². The fraction of sp³-hybridized carbons (Fsp3) is 0.409. The number of amides is 2. The van der Waals surface area contributed by atoms with Gasteiger partial charge in [0.05, 0.1) is 36.6 Å². The smallest absolute Gasteiger partial charge is 0.294 e. The van der Waals surface area contributed by atoms with E-state index in [1.807, 2.05) is 0 Å². The van der Waals surface area contributed by atoms with Crippen LogP contribution < -0.4 is 10.6 Å². The van der Waals surface area contributed by atoms with Crippen molar-refractivity contribution in [2.24, 2.45) is 0 Å². The molecule has 0 spiro atoms. The Balaban J connectivity index is 1.64. The molecule has 0 aliphatic carbocycles. The molecule has 1 saturated heterocycles. The minimum absolute atomic E-state index is 0.0740. The molecule has 8 nitrogen and oxygen atoms in total. The normalized spacial score (nSPS) is 20.0. The fourth-order valence-electron chi connectivity index (χ4n) is 4.26. The largest absolute Gasteiger partial charge is 0.388 e.